The summed E-state index contributed by atoms with van der Waals surface area (Å²) < 4.78 is 27.4. The van der Waals surface area contributed by atoms with Gasteiger partial charge in [-0.05, 0) is 56.1 Å². The van der Waals surface area contributed by atoms with E-state index < -0.39 is 41.7 Å². The molecule has 15 heteroatoms. The summed E-state index contributed by atoms with van der Waals surface area (Å²) in [5.41, 5.74) is 0.932. The standard InChI is InChI=1S/C35H35FN8O5S/c1-22(32-41-29(19-50-32)25-12-10-24(18-37)11-13-25)35(47,26-7-5-8-27(36)17-26)30(44-20-39-40-21-44)14-16-48-34(46)42-31-28(9-6-15-38-31)33(43(3)4)49-23(2)45/h5-13,15,17,19-22,30,33,47H,14,16H2,1-4H3,(H,38,42,46)/p+1/t22-,30?,33?,35+/m1/s1. The van der Waals surface area contributed by atoms with E-state index >= 15 is 0 Å². The molecule has 2 aromatic carbocycles. The van der Waals surface area contributed by atoms with Gasteiger partial charge in [-0.15, -0.1) is 16.4 Å². The van der Waals surface area contributed by atoms with Crippen molar-refractivity contribution < 1.29 is 33.1 Å². The maximum absolute atomic E-state index is 14.7. The van der Waals surface area contributed by atoms with Crippen molar-refractivity contribution >= 4 is 29.2 Å². The quantitative estimate of drug-likeness (QED) is 0.0841. The Labute approximate surface area is 292 Å². The number of thiazole rings is 1. The summed E-state index contributed by atoms with van der Waals surface area (Å²) >= 11 is 1.34. The molecular formula is C35H36FN8O5S+. The predicted octanol–water partition coefficient (Wildman–Crippen LogP) is 5.22. The molecule has 258 valence electrons. The average Bonchev–Trinajstić information content (AvgIpc) is 3.82. The molecule has 5 rings (SSSR count). The molecule has 3 heterocycles. The zero-order chi connectivity index (χ0) is 35.8. The number of aromatic amines is 1. The van der Waals surface area contributed by atoms with Crippen LogP contribution in [0.3, 0.4) is 0 Å². The second-order valence-electron chi connectivity index (χ2n) is 11.7. The van der Waals surface area contributed by atoms with Gasteiger partial charge in [0.1, 0.15) is 23.3 Å². The maximum Gasteiger partial charge on any atom is 0.412 e. The van der Waals surface area contributed by atoms with Gasteiger partial charge in [-0.25, -0.2) is 23.7 Å². The van der Waals surface area contributed by atoms with Crippen molar-refractivity contribution in [1.29, 1.82) is 5.26 Å². The van der Waals surface area contributed by atoms with E-state index in [9.17, 15) is 24.3 Å². The van der Waals surface area contributed by atoms with Crippen LogP contribution < -0.4 is 9.88 Å². The number of H-pyrrole nitrogens is 1. The highest BCUT2D eigenvalue weighted by Crippen LogP contribution is 2.46. The number of benzene rings is 2. The first-order chi connectivity index (χ1) is 24.0. The number of nitrogens with zero attached hydrogens (tertiary/aromatic N) is 6. The number of nitriles is 1. The van der Waals surface area contributed by atoms with Gasteiger partial charge in [0.2, 0.25) is 6.33 Å². The van der Waals surface area contributed by atoms with Crippen molar-refractivity contribution in [2.24, 2.45) is 0 Å². The van der Waals surface area contributed by atoms with Crippen molar-refractivity contribution in [1.82, 2.24) is 25.1 Å². The van der Waals surface area contributed by atoms with E-state index in [4.69, 9.17) is 14.5 Å². The fourth-order valence-corrected chi connectivity index (χ4v) is 6.67. The lowest BCUT2D eigenvalue weighted by atomic mass is 9.75. The van der Waals surface area contributed by atoms with Gasteiger partial charge in [0.15, 0.2) is 6.23 Å². The molecule has 0 aliphatic carbocycles. The number of ether oxygens (including phenoxy) is 2. The highest BCUT2D eigenvalue weighted by Gasteiger charge is 2.48. The molecule has 3 aromatic heterocycles. The van der Waals surface area contributed by atoms with Crippen LogP contribution in [0, 0.1) is 17.1 Å². The minimum Gasteiger partial charge on any atom is -0.449 e. The van der Waals surface area contributed by atoms with Gasteiger partial charge in [0.05, 0.1) is 34.5 Å². The number of halogens is 1. The van der Waals surface area contributed by atoms with Crippen LogP contribution in [-0.4, -0.2) is 62.9 Å². The Bertz CT molecular complexity index is 1960. The third kappa shape index (κ3) is 8.00. The zero-order valence-electron chi connectivity index (χ0n) is 27.8. The van der Waals surface area contributed by atoms with E-state index in [2.05, 4.69) is 26.6 Å². The molecule has 0 saturated heterocycles. The fraction of sp³-hybridized carbons (Fsp3) is 0.286. The van der Waals surface area contributed by atoms with Crippen molar-refractivity contribution in [3.8, 4) is 17.3 Å². The zero-order valence-corrected chi connectivity index (χ0v) is 28.6. The summed E-state index contributed by atoms with van der Waals surface area (Å²) in [6, 6.07) is 17.4. The van der Waals surface area contributed by atoms with Crippen molar-refractivity contribution in [3.05, 3.63) is 112 Å². The van der Waals surface area contributed by atoms with E-state index in [0.29, 0.717) is 27.4 Å². The molecular weight excluding hydrogens is 664 g/mol. The molecule has 0 aliphatic rings. The van der Waals surface area contributed by atoms with E-state index in [0.717, 1.165) is 5.56 Å². The van der Waals surface area contributed by atoms with Crippen LogP contribution in [0.15, 0.2) is 84.9 Å². The predicted molar refractivity (Wildman–Crippen MR) is 181 cm³/mol. The minimum atomic E-state index is -1.78. The second kappa shape index (κ2) is 15.8. The average molecular weight is 700 g/mol. The topological polar surface area (TPSA) is 170 Å². The number of nitrogens with one attached hydrogen (secondary N) is 2. The van der Waals surface area contributed by atoms with Crippen molar-refractivity contribution in [2.75, 3.05) is 26.0 Å². The SMILES string of the molecule is CC(=O)OC(c1cccnc1NC(=O)OCCC([n+]1cn[nH]c1)[C@@](O)(c1cccc(F)c1)[C@H](C)c1nc(-c2ccc(C#N)cc2)cs1)N(C)C. The fourth-order valence-electron chi connectivity index (χ4n) is 5.71. The number of aromatic nitrogens is 5. The molecule has 0 radical (unpaired) electrons. The molecule has 1 amide bonds. The summed E-state index contributed by atoms with van der Waals surface area (Å²) in [6.07, 6.45) is 2.97. The molecule has 3 N–H and O–H groups in total. The maximum atomic E-state index is 14.7. The minimum absolute atomic E-state index is 0.0751. The van der Waals surface area contributed by atoms with Gasteiger partial charge in [0, 0.05) is 41.5 Å². The summed E-state index contributed by atoms with van der Waals surface area (Å²) in [6.45, 7) is 2.92. The Hall–Kier alpha value is -5.56. The Morgan fingerprint density at radius 1 is 1.20 bits per heavy atom. The molecule has 0 bridgehead atoms. The lowest BCUT2D eigenvalue weighted by Crippen LogP contribution is -2.53. The third-order valence-corrected chi connectivity index (χ3v) is 9.21. The monoisotopic (exact) mass is 699 g/mol. The molecule has 0 saturated carbocycles. The number of hydrogen-bond acceptors (Lipinski definition) is 11. The van der Waals surface area contributed by atoms with Gasteiger partial charge in [-0.2, -0.15) is 5.26 Å². The number of carbonyl (C=O) groups is 2. The summed E-state index contributed by atoms with van der Waals surface area (Å²) in [4.78, 5) is 35.6. The Balaban J connectivity index is 1.42. The van der Waals surface area contributed by atoms with Gasteiger partial charge in [-0.3, -0.25) is 15.0 Å². The molecule has 5 aromatic rings. The number of rotatable bonds is 13. The molecule has 13 nitrogen and oxygen atoms in total. The Morgan fingerprint density at radius 3 is 2.64 bits per heavy atom. The second-order valence-corrected chi connectivity index (χ2v) is 12.6. The lowest BCUT2D eigenvalue weighted by Gasteiger charge is -2.39. The van der Waals surface area contributed by atoms with E-state index in [1.54, 1.807) is 79.3 Å². The first kappa shape index (κ1) is 35.7. The van der Waals surface area contributed by atoms with Crippen molar-refractivity contribution in [3.63, 3.8) is 0 Å². The van der Waals surface area contributed by atoms with E-state index in [1.807, 2.05) is 5.38 Å². The number of esters is 1. The normalized spacial score (nSPS) is 14.2. The number of hydrogen-bond donors (Lipinski definition) is 3. The number of carbonyl (C=O) groups excluding carboxylic acids is 2. The Morgan fingerprint density at radius 2 is 1.98 bits per heavy atom. The van der Waals surface area contributed by atoms with Crippen LogP contribution in [0.2, 0.25) is 0 Å². The molecule has 4 atom stereocenters. The van der Waals surface area contributed by atoms with Gasteiger partial charge >= 0.3 is 12.1 Å². The molecule has 0 aliphatic heterocycles. The lowest BCUT2D eigenvalue weighted by molar-refractivity contribution is -0.741. The van der Waals surface area contributed by atoms with Crippen LogP contribution in [0.4, 0.5) is 15.0 Å². The number of pyridine rings is 1. The van der Waals surface area contributed by atoms with E-state index in [1.165, 1.54) is 49.0 Å². The largest absolute Gasteiger partial charge is 0.449 e. The summed E-state index contributed by atoms with van der Waals surface area (Å²) in [5, 5.41) is 33.9. The smallest absolute Gasteiger partial charge is 0.412 e. The first-order valence-corrected chi connectivity index (χ1v) is 16.5. The van der Waals surface area contributed by atoms with Crippen LogP contribution in [0.5, 0.6) is 0 Å². The number of amides is 1. The molecule has 0 fully saturated rings. The number of aliphatic hydroxyl groups is 1. The van der Waals surface area contributed by atoms with Gasteiger partial charge < -0.3 is 14.6 Å². The molecule has 50 heavy (non-hydrogen) atoms. The van der Waals surface area contributed by atoms with Gasteiger partial charge in [-0.1, -0.05) is 31.2 Å². The van der Waals surface area contributed by atoms with Crippen LogP contribution >= 0.6 is 11.3 Å². The van der Waals surface area contributed by atoms with E-state index in [-0.39, 0.29) is 18.8 Å². The van der Waals surface area contributed by atoms with Crippen LogP contribution in [0.25, 0.3) is 11.3 Å². The first-order valence-electron chi connectivity index (χ1n) is 15.6. The Kier molecular flexibility index (Phi) is 11.3. The van der Waals surface area contributed by atoms with Crippen LogP contribution in [0.1, 0.15) is 60.2 Å². The van der Waals surface area contributed by atoms with Gasteiger partial charge in [0.25, 0.3) is 6.33 Å². The number of anilines is 1. The third-order valence-electron chi connectivity index (χ3n) is 8.19. The highest BCUT2D eigenvalue weighted by molar-refractivity contribution is 7.10. The summed E-state index contributed by atoms with van der Waals surface area (Å²) in [7, 11) is 3.44. The molecule has 0 spiro atoms. The highest BCUT2D eigenvalue weighted by atomic mass is 32.1. The molecule has 2 unspecified atom stereocenters. The van der Waals surface area contributed by atoms with Crippen molar-refractivity contribution in [2.45, 2.75) is 44.1 Å². The summed E-state index contributed by atoms with van der Waals surface area (Å²) in [5.74, 6) is -1.59. The van der Waals surface area contributed by atoms with Crippen LogP contribution in [-0.2, 0) is 19.9 Å².